The quantitative estimate of drug-likeness (QED) is 0.907. The van der Waals surface area contributed by atoms with Gasteiger partial charge < -0.3 is 5.11 Å². The Morgan fingerprint density at radius 1 is 1.42 bits per heavy atom. The maximum Gasteiger partial charge on any atom is 0.335 e. The lowest BCUT2D eigenvalue weighted by Crippen LogP contribution is -2.39. The molecule has 3 nitrogen and oxygen atoms in total. The smallest absolute Gasteiger partial charge is 0.335 e. The van der Waals surface area contributed by atoms with E-state index in [1.165, 1.54) is 18.4 Å². The van der Waals surface area contributed by atoms with Gasteiger partial charge in [-0.1, -0.05) is 19.9 Å². The number of carboxylic acid groups (broad SMARTS) is 1. The van der Waals surface area contributed by atoms with Crippen molar-refractivity contribution in [3.8, 4) is 0 Å². The fourth-order valence-corrected chi connectivity index (χ4v) is 2.93. The monoisotopic (exact) mass is 261 g/mol. The van der Waals surface area contributed by atoms with Crippen molar-refractivity contribution in [2.24, 2.45) is 5.41 Å². The molecule has 1 N–H and O–H groups in total. The highest BCUT2D eigenvalue weighted by molar-refractivity contribution is 5.87. The summed E-state index contributed by atoms with van der Waals surface area (Å²) in [5, 5.41) is 8.98. The first kappa shape index (κ1) is 14.1. The second-order valence-corrected chi connectivity index (χ2v) is 6.42. The van der Waals surface area contributed by atoms with Gasteiger partial charge in [-0.25, -0.2) is 4.79 Å². The molecular weight excluding hydrogens is 238 g/mol. The summed E-state index contributed by atoms with van der Waals surface area (Å²) in [6.07, 6.45) is 2.54. The van der Waals surface area contributed by atoms with E-state index < -0.39 is 5.97 Å². The molecule has 0 spiro atoms. The first-order valence-electron chi connectivity index (χ1n) is 6.93. The number of nitrogens with zero attached hydrogens (tertiary/aromatic N) is 1. The molecule has 3 heteroatoms. The SMILES string of the molecule is Cc1cc(C(=O)O)ccc1CN1CCCC(C)(C)C1. The van der Waals surface area contributed by atoms with Gasteiger partial charge in [-0.15, -0.1) is 0 Å². The van der Waals surface area contributed by atoms with E-state index in [1.54, 1.807) is 12.1 Å². The first-order valence-corrected chi connectivity index (χ1v) is 6.93. The highest BCUT2D eigenvalue weighted by Gasteiger charge is 2.26. The van der Waals surface area contributed by atoms with Crippen molar-refractivity contribution >= 4 is 5.97 Å². The molecule has 0 bridgehead atoms. The average Bonchev–Trinajstić information content (AvgIpc) is 2.30. The van der Waals surface area contributed by atoms with Gasteiger partial charge in [0.15, 0.2) is 0 Å². The Labute approximate surface area is 115 Å². The number of benzene rings is 1. The van der Waals surface area contributed by atoms with Gasteiger partial charge >= 0.3 is 5.97 Å². The van der Waals surface area contributed by atoms with Gasteiger partial charge in [-0.05, 0) is 55.0 Å². The highest BCUT2D eigenvalue weighted by Crippen LogP contribution is 2.29. The molecule has 0 saturated carbocycles. The molecule has 1 aromatic carbocycles. The third kappa shape index (κ3) is 3.57. The number of likely N-dealkylation sites (tertiary alicyclic amines) is 1. The van der Waals surface area contributed by atoms with Gasteiger partial charge in [0.1, 0.15) is 0 Å². The van der Waals surface area contributed by atoms with Crippen LogP contribution in [0.4, 0.5) is 0 Å². The van der Waals surface area contributed by atoms with E-state index in [2.05, 4.69) is 18.7 Å². The Balaban J connectivity index is 2.09. The molecule has 1 aromatic rings. The topological polar surface area (TPSA) is 40.5 Å². The molecule has 1 aliphatic rings. The largest absolute Gasteiger partial charge is 0.478 e. The van der Waals surface area contributed by atoms with Crippen LogP contribution in [0.1, 0.15) is 48.2 Å². The molecule has 0 unspecified atom stereocenters. The van der Waals surface area contributed by atoms with Crippen molar-refractivity contribution in [1.29, 1.82) is 0 Å². The maximum atomic E-state index is 10.9. The number of rotatable bonds is 3. The van der Waals surface area contributed by atoms with Crippen LogP contribution in [-0.4, -0.2) is 29.1 Å². The van der Waals surface area contributed by atoms with E-state index in [0.29, 0.717) is 11.0 Å². The zero-order chi connectivity index (χ0) is 14.0. The molecule has 1 fully saturated rings. The summed E-state index contributed by atoms with van der Waals surface area (Å²) in [6, 6.07) is 5.44. The number of aryl methyl sites for hydroxylation is 1. The van der Waals surface area contributed by atoms with Crippen LogP contribution in [0.3, 0.4) is 0 Å². The van der Waals surface area contributed by atoms with Gasteiger partial charge in [0.05, 0.1) is 5.56 Å². The van der Waals surface area contributed by atoms with Crippen molar-refractivity contribution in [3.05, 3.63) is 34.9 Å². The number of carbonyl (C=O) groups is 1. The molecule has 104 valence electrons. The van der Waals surface area contributed by atoms with Crippen LogP contribution >= 0.6 is 0 Å². The van der Waals surface area contributed by atoms with E-state index in [9.17, 15) is 4.79 Å². The Kier molecular flexibility index (Phi) is 3.95. The summed E-state index contributed by atoms with van der Waals surface area (Å²) in [7, 11) is 0. The minimum absolute atomic E-state index is 0.375. The molecular formula is C16H23NO2. The van der Waals surface area contributed by atoms with Gasteiger partial charge in [0.25, 0.3) is 0 Å². The van der Waals surface area contributed by atoms with Crippen molar-refractivity contribution in [2.75, 3.05) is 13.1 Å². The Morgan fingerprint density at radius 3 is 2.74 bits per heavy atom. The predicted molar refractivity (Wildman–Crippen MR) is 76.4 cm³/mol. The fourth-order valence-electron chi connectivity index (χ4n) is 2.93. The van der Waals surface area contributed by atoms with E-state index in [0.717, 1.165) is 25.2 Å². The minimum Gasteiger partial charge on any atom is -0.478 e. The number of piperidine rings is 1. The highest BCUT2D eigenvalue weighted by atomic mass is 16.4. The van der Waals surface area contributed by atoms with Gasteiger partial charge in [0, 0.05) is 13.1 Å². The summed E-state index contributed by atoms with van der Waals surface area (Å²) >= 11 is 0. The maximum absolute atomic E-state index is 10.9. The summed E-state index contributed by atoms with van der Waals surface area (Å²) < 4.78 is 0. The molecule has 0 aliphatic carbocycles. The third-order valence-corrected chi connectivity index (χ3v) is 3.96. The number of carboxylic acids is 1. The molecule has 0 aromatic heterocycles. The third-order valence-electron chi connectivity index (χ3n) is 3.96. The van der Waals surface area contributed by atoms with E-state index in [4.69, 9.17) is 5.11 Å². The van der Waals surface area contributed by atoms with E-state index in [1.807, 2.05) is 13.0 Å². The van der Waals surface area contributed by atoms with Crippen molar-refractivity contribution in [1.82, 2.24) is 4.90 Å². The number of hydrogen-bond acceptors (Lipinski definition) is 2. The van der Waals surface area contributed by atoms with Crippen molar-refractivity contribution < 1.29 is 9.90 Å². The second-order valence-electron chi connectivity index (χ2n) is 6.42. The molecule has 1 saturated heterocycles. The number of hydrogen-bond donors (Lipinski definition) is 1. The van der Waals surface area contributed by atoms with E-state index in [-0.39, 0.29) is 0 Å². The van der Waals surface area contributed by atoms with Gasteiger partial charge in [0.2, 0.25) is 0 Å². The fraction of sp³-hybridized carbons (Fsp3) is 0.562. The molecule has 0 amide bonds. The molecule has 0 radical (unpaired) electrons. The second kappa shape index (κ2) is 5.33. The van der Waals surface area contributed by atoms with Crippen LogP contribution in [-0.2, 0) is 6.54 Å². The van der Waals surface area contributed by atoms with Gasteiger partial charge in [-0.2, -0.15) is 0 Å². The zero-order valence-corrected chi connectivity index (χ0v) is 12.1. The normalized spacial score (nSPS) is 19.3. The van der Waals surface area contributed by atoms with Crippen LogP contribution in [0.5, 0.6) is 0 Å². The number of aromatic carboxylic acids is 1. The molecule has 0 atom stereocenters. The zero-order valence-electron chi connectivity index (χ0n) is 12.1. The van der Waals surface area contributed by atoms with Crippen molar-refractivity contribution in [3.63, 3.8) is 0 Å². The molecule has 1 heterocycles. The molecule has 1 aliphatic heterocycles. The summed E-state index contributed by atoms with van der Waals surface area (Å²) in [5.74, 6) is -0.853. The van der Waals surface area contributed by atoms with Crippen LogP contribution < -0.4 is 0 Å². The van der Waals surface area contributed by atoms with Crippen LogP contribution in [0.25, 0.3) is 0 Å². The Hall–Kier alpha value is -1.35. The summed E-state index contributed by atoms with van der Waals surface area (Å²) in [6.45, 7) is 9.82. The standard InChI is InChI=1S/C16H23NO2/c1-12-9-13(15(18)19)5-6-14(12)10-17-8-4-7-16(2,3)11-17/h5-6,9H,4,7-8,10-11H2,1-3H3,(H,18,19). The van der Waals surface area contributed by atoms with E-state index >= 15 is 0 Å². The summed E-state index contributed by atoms with van der Waals surface area (Å²) in [4.78, 5) is 13.4. The minimum atomic E-state index is -0.853. The van der Waals surface area contributed by atoms with Crippen LogP contribution in [0.15, 0.2) is 18.2 Å². The summed E-state index contributed by atoms with van der Waals surface area (Å²) in [5.41, 5.74) is 3.08. The lowest BCUT2D eigenvalue weighted by molar-refractivity contribution is 0.0696. The Bertz CT molecular complexity index is 480. The van der Waals surface area contributed by atoms with Gasteiger partial charge in [-0.3, -0.25) is 4.90 Å². The van der Waals surface area contributed by atoms with Crippen LogP contribution in [0, 0.1) is 12.3 Å². The lowest BCUT2D eigenvalue weighted by Gasteiger charge is -2.38. The molecule has 2 rings (SSSR count). The lowest BCUT2D eigenvalue weighted by atomic mass is 9.84. The van der Waals surface area contributed by atoms with Crippen LogP contribution in [0.2, 0.25) is 0 Å². The average molecular weight is 261 g/mol. The predicted octanol–water partition coefficient (Wildman–Crippen LogP) is 3.32. The molecule has 19 heavy (non-hydrogen) atoms. The Morgan fingerprint density at radius 2 is 2.16 bits per heavy atom. The first-order chi connectivity index (χ1) is 8.87. The van der Waals surface area contributed by atoms with Crippen molar-refractivity contribution in [2.45, 2.75) is 40.2 Å².